The third-order valence-electron chi connectivity index (χ3n) is 9.21. The third kappa shape index (κ3) is 5.08. The number of ether oxygens (including phenoxy) is 5. The highest BCUT2D eigenvalue weighted by atomic mass is 16.5. The van der Waals surface area contributed by atoms with Gasteiger partial charge in [-0.25, -0.2) is 0 Å². The summed E-state index contributed by atoms with van der Waals surface area (Å²) in [6.07, 6.45) is 3.15. The van der Waals surface area contributed by atoms with Gasteiger partial charge >= 0.3 is 0 Å². The maximum absolute atomic E-state index is 11.6. The van der Waals surface area contributed by atoms with Crippen LogP contribution in [-0.4, -0.2) is 51.5 Å². The Morgan fingerprint density at radius 3 is 2.27 bits per heavy atom. The molecule has 4 aliphatic rings. The summed E-state index contributed by atoms with van der Waals surface area (Å²) in [6.45, 7) is 1.73. The zero-order valence-electron chi connectivity index (χ0n) is 25.6. The molecule has 2 N–H and O–H groups in total. The summed E-state index contributed by atoms with van der Waals surface area (Å²) >= 11 is 0. The van der Waals surface area contributed by atoms with Crippen molar-refractivity contribution in [3.8, 4) is 46.0 Å². The molecule has 0 unspecified atom stereocenters. The van der Waals surface area contributed by atoms with E-state index >= 15 is 0 Å². The van der Waals surface area contributed by atoms with Crippen molar-refractivity contribution in [1.29, 1.82) is 0 Å². The van der Waals surface area contributed by atoms with E-state index in [-0.39, 0.29) is 17.8 Å². The van der Waals surface area contributed by atoms with Gasteiger partial charge in [-0.3, -0.25) is 4.90 Å². The van der Waals surface area contributed by atoms with E-state index < -0.39 is 0 Å². The fraction of sp³-hybridized carbons (Fsp3) is 0.333. The summed E-state index contributed by atoms with van der Waals surface area (Å²) in [6, 6.07) is 20.4. The summed E-state index contributed by atoms with van der Waals surface area (Å²) in [5, 5.41) is 15.3. The highest BCUT2D eigenvalue weighted by Crippen LogP contribution is 2.51. The smallest absolute Gasteiger partial charge is 0.201 e. The molecule has 4 aliphatic heterocycles. The van der Waals surface area contributed by atoms with Crippen LogP contribution in [-0.2, 0) is 25.7 Å². The number of fused-ring (bicyclic) bond motifs is 2. The highest BCUT2D eigenvalue weighted by Gasteiger charge is 2.34. The fourth-order valence-corrected chi connectivity index (χ4v) is 6.84. The quantitative estimate of drug-likeness (QED) is 0.278. The molecule has 0 aliphatic carbocycles. The van der Waals surface area contributed by atoms with Gasteiger partial charge in [0.15, 0.2) is 34.5 Å². The zero-order valence-corrected chi connectivity index (χ0v) is 25.6. The van der Waals surface area contributed by atoms with Crippen molar-refractivity contribution in [2.24, 2.45) is 0 Å². The van der Waals surface area contributed by atoms with Crippen molar-refractivity contribution in [3.63, 3.8) is 0 Å². The molecule has 4 aromatic carbocycles. The number of likely N-dealkylation sites (N-methyl/N-ethyl adjacent to an activating group) is 1. The zero-order chi connectivity index (χ0) is 30.4. The van der Waals surface area contributed by atoms with Gasteiger partial charge in [0.1, 0.15) is 5.75 Å². The minimum atomic E-state index is -0.0806. The predicted octanol–water partition coefficient (Wildman–Crippen LogP) is 6.52. The van der Waals surface area contributed by atoms with Crippen LogP contribution in [0.4, 0.5) is 0 Å². The molecular formula is C36H38N2O6. The lowest BCUT2D eigenvalue weighted by Gasteiger charge is -2.36. The maximum atomic E-state index is 11.6. The summed E-state index contributed by atoms with van der Waals surface area (Å²) in [4.78, 5) is 2.31. The van der Waals surface area contributed by atoms with Gasteiger partial charge in [0, 0.05) is 24.2 Å². The van der Waals surface area contributed by atoms with Crippen LogP contribution in [0.2, 0.25) is 0 Å². The molecule has 6 bridgehead atoms. The topological polar surface area (TPSA) is 81.7 Å². The Morgan fingerprint density at radius 2 is 1.50 bits per heavy atom. The summed E-state index contributed by atoms with van der Waals surface area (Å²) in [7, 11) is 7.00. The minimum Gasteiger partial charge on any atom is -0.502 e. The predicted molar refractivity (Wildman–Crippen MR) is 168 cm³/mol. The number of nitrogens with one attached hydrogen (secondary N) is 1. The fourth-order valence-electron chi connectivity index (χ4n) is 6.84. The van der Waals surface area contributed by atoms with Crippen LogP contribution < -0.4 is 29.0 Å². The van der Waals surface area contributed by atoms with E-state index in [1.807, 2.05) is 30.3 Å². The second-order valence-electron chi connectivity index (χ2n) is 11.8. The van der Waals surface area contributed by atoms with Gasteiger partial charge in [0.05, 0.1) is 21.3 Å². The molecule has 0 spiro atoms. The van der Waals surface area contributed by atoms with Crippen molar-refractivity contribution in [3.05, 3.63) is 94.0 Å². The molecule has 4 heterocycles. The van der Waals surface area contributed by atoms with Gasteiger partial charge in [0.25, 0.3) is 0 Å². The minimum absolute atomic E-state index is 0.0197. The first-order valence-electron chi connectivity index (χ1n) is 15.1. The molecule has 0 fully saturated rings. The number of phenols is 1. The number of aromatic hydroxyl groups is 1. The van der Waals surface area contributed by atoms with Crippen molar-refractivity contribution in [2.75, 3.05) is 41.5 Å². The molecule has 0 aromatic heterocycles. The Kier molecular flexibility index (Phi) is 7.48. The van der Waals surface area contributed by atoms with Crippen molar-refractivity contribution in [1.82, 2.24) is 10.2 Å². The van der Waals surface area contributed by atoms with E-state index in [0.717, 1.165) is 60.4 Å². The van der Waals surface area contributed by atoms with Gasteiger partial charge in [-0.05, 0) is 110 Å². The van der Waals surface area contributed by atoms with E-state index in [0.29, 0.717) is 40.9 Å². The van der Waals surface area contributed by atoms with Gasteiger partial charge in [-0.1, -0.05) is 18.2 Å². The maximum Gasteiger partial charge on any atom is 0.201 e. The van der Waals surface area contributed by atoms with Crippen molar-refractivity contribution >= 4 is 0 Å². The molecule has 44 heavy (non-hydrogen) atoms. The number of rotatable bonds is 3. The molecule has 4 aromatic rings. The monoisotopic (exact) mass is 594 g/mol. The second kappa shape index (κ2) is 11.6. The first kappa shape index (κ1) is 28.4. The number of hydrogen-bond donors (Lipinski definition) is 2. The summed E-state index contributed by atoms with van der Waals surface area (Å²) in [5.74, 6) is 4.05. The Balaban J connectivity index is 1.44. The Labute approximate surface area is 258 Å². The molecular weight excluding hydrogens is 556 g/mol. The highest BCUT2D eigenvalue weighted by molar-refractivity contribution is 5.63. The average molecular weight is 595 g/mol. The van der Waals surface area contributed by atoms with Crippen LogP contribution in [0.3, 0.4) is 0 Å². The molecule has 8 rings (SSSR count). The van der Waals surface area contributed by atoms with Gasteiger partial charge < -0.3 is 34.1 Å². The number of nitrogens with zero attached hydrogens (tertiary/aromatic N) is 1. The van der Waals surface area contributed by atoms with Crippen LogP contribution in [0.15, 0.2) is 60.7 Å². The van der Waals surface area contributed by atoms with Crippen LogP contribution in [0.1, 0.15) is 45.5 Å². The number of benzene rings is 4. The Bertz CT molecular complexity index is 1700. The number of methoxy groups -OCH3 is 3. The van der Waals surface area contributed by atoms with E-state index in [9.17, 15) is 5.11 Å². The molecule has 8 heteroatoms. The van der Waals surface area contributed by atoms with Gasteiger partial charge in [-0.2, -0.15) is 0 Å². The lowest BCUT2D eigenvalue weighted by atomic mass is 9.87. The molecule has 228 valence electrons. The second-order valence-corrected chi connectivity index (χ2v) is 11.8. The normalized spacial score (nSPS) is 19.1. The molecule has 8 nitrogen and oxygen atoms in total. The Hall–Kier alpha value is -4.40. The van der Waals surface area contributed by atoms with Crippen molar-refractivity contribution < 1.29 is 28.8 Å². The SMILES string of the molecule is COc1ccc2cc1Oc1ccc(cc1)C[C@H]1NCCc3cc(OC)c(cc31)Oc1c(O)c(OC)cc3c1[C@H](C2)N(C)CC3. The number of phenolic OH excluding ortho intramolecular Hbond substituents is 1. The van der Waals surface area contributed by atoms with Crippen LogP contribution in [0, 0.1) is 0 Å². The van der Waals surface area contributed by atoms with Crippen molar-refractivity contribution in [2.45, 2.75) is 37.8 Å². The first-order chi connectivity index (χ1) is 21.4. The van der Waals surface area contributed by atoms with E-state index in [1.54, 1.807) is 21.3 Å². The molecule has 0 saturated carbocycles. The van der Waals surface area contributed by atoms with E-state index in [1.165, 1.54) is 11.1 Å². The summed E-state index contributed by atoms with van der Waals surface area (Å²) in [5.41, 5.74) is 6.69. The van der Waals surface area contributed by atoms with Crippen LogP contribution >= 0.6 is 0 Å². The molecule has 0 saturated heterocycles. The summed E-state index contributed by atoms with van der Waals surface area (Å²) < 4.78 is 30.3. The van der Waals surface area contributed by atoms with Crippen LogP contribution in [0.5, 0.6) is 46.0 Å². The van der Waals surface area contributed by atoms with Gasteiger partial charge in [-0.15, -0.1) is 0 Å². The van der Waals surface area contributed by atoms with E-state index in [4.69, 9.17) is 23.7 Å². The first-order valence-corrected chi connectivity index (χ1v) is 15.1. The Morgan fingerprint density at radius 1 is 0.773 bits per heavy atom. The average Bonchev–Trinajstić information content (AvgIpc) is 3.04. The molecule has 2 atom stereocenters. The third-order valence-corrected chi connectivity index (χ3v) is 9.21. The lowest BCUT2D eigenvalue weighted by molar-refractivity contribution is 0.221. The largest absolute Gasteiger partial charge is 0.502 e. The standard InChI is InChI=1S/C36H38N2O6/c1-38-14-12-24-19-33(42-4)35(39)36-34(24)28(38)16-22-7-10-29(40-2)31(17-22)43-25-8-5-21(6-9-25)15-27-26-20-32(44-36)30(41-3)18-23(26)11-13-37-27/h5-10,17-20,27-28,37,39H,11-16H2,1-4H3/t27-,28+/m1/s1. The van der Waals surface area contributed by atoms with E-state index in [2.05, 4.69) is 47.6 Å². The van der Waals surface area contributed by atoms with Gasteiger partial charge in [0.2, 0.25) is 5.75 Å². The molecule has 0 radical (unpaired) electrons. The molecule has 0 amide bonds. The van der Waals surface area contributed by atoms with Crippen LogP contribution in [0.25, 0.3) is 0 Å². The lowest BCUT2D eigenvalue weighted by Crippen LogP contribution is -2.34. The number of hydrogen-bond acceptors (Lipinski definition) is 8.